The zero-order valence-corrected chi connectivity index (χ0v) is 26.2. The number of carbonyl (C=O) groups is 1. The summed E-state index contributed by atoms with van der Waals surface area (Å²) < 4.78 is 39.8. The smallest absolute Gasteiger partial charge is 0.337 e. The minimum absolute atomic E-state index is 0.114. The van der Waals surface area contributed by atoms with Crippen LogP contribution in [0.15, 0.2) is 59.0 Å². The number of halogens is 3. The molecule has 0 spiro atoms. The highest BCUT2D eigenvalue weighted by atomic mass is 35.5. The summed E-state index contributed by atoms with van der Waals surface area (Å²) in [5.41, 5.74) is 4.36. The van der Waals surface area contributed by atoms with Gasteiger partial charge in [-0.05, 0) is 80.2 Å². The van der Waals surface area contributed by atoms with E-state index in [0.717, 1.165) is 66.9 Å². The number of likely N-dealkylation sites (tertiary alicyclic amines) is 1. The average Bonchev–Trinajstić information content (AvgIpc) is 3.59. The van der Waals surface area contributed by atoms with Gasteiger partial charge in [-0.3, -0.25) is 4.90 Å². The van der Waals surface area contributed by atoms with Crippen LogP contribution < -0.4 is 4.74 Å². The van der Waals surface area contributed by atoms with Gasteiger partial charge < -0.3 is 23.2 Å². The van der Waals surface area contributed by atoms with E-state index in [1.54, 1.807) is 24.3 Å². The third kappa shape index (κ3) is 6.02. The summed E-state index contributed by atoms with van der Waals surface area (Å²) in [5, 5.41) is 1.46. The highest BCUT2D eigenvalue weighted by Crippen LogP contribution is 2.38. The number of benzene rings is 3. The maximum Gasteiger partial charge on any atom is 0.337 e. The van der Waals surface area contributed by atoms with Gasteiger partial charge in [0.15, 0.2) is 16.8 Å². The predicted molar refractivity (Wildman–Crippen MR) is 170 cm³/mol. The van der Waals surface area contributed by atoms with E-state index in [4.69, 9.17) is 46.8 Å². The van der Waals surface area contributed by atoms with Crippen molar-refractivity contribution in [3.8, 4) is 5.75 Å². The first kappa shape index (κ1) is 30.0. The topological polar surface area (TPSA) is 79.0 Å². The molecule has 0 amide bonds. The SMILES string of the molecule is COC(=O)c1ccc2nc(CN3CCC(c4cccc(F)c4OCc4ccc(Cl)c5cc(Cl)oc45)CC3)n(C[C@@H]3CCO3)c2c1. The Morgan fingerprint density at radius 3 is 2.67 bits per heavy atom. The number of nitrogens with zero attached hydrogens (tertiary/aromatic N) is 3. The molecule has 234 valence electrons. The Morgan fingerprint density at radius 2 is 1.91 bits per heavy atom. The molecule has 7 rings (SSSR count). The standard InChI is InChI=1S/C34H32Cl2FN3O5/c1-42-34(41)21-6-8-28-29(15-21)40(17-23-11-14-43-23)31(38-28)18-39-12-9-20(10-13-39)24-3-2-4-27(37)33(24)44-19-22-5-7-26(35)25-16-30(36)45-32(22)25/h2-8,15-16,20,23H,9-14,17-19H2,1H3/t23-/m0/s1. The van der Waals surface area contributed by atoms with E-state index >= 15 is 4.39 Å². The minimum Gasteiger partial charge on any atom is -0.485 e. The van der Waals surface area contributed by atoms with Crippen molar-refractivity contribution >= 4 is 51.2 Å². The minimum atomic E-state index is -0.393. The van der Waals surface area contributed by atoms with Gasteiger partial charge in [0.1, 0.15) is 18.0 Å². The zero-order valence-electron chi connectivity index (χ0n) is 24.7. The molecular weight excluding hydrogens is 620 g/mol. The van der Waals surface area contributed by atoms with Crippen molar-refractivity contribution in [3.63, 3.8) is 0 Å². The molecule has 2 aromatic heterocycles. The predicted octanol–water partition coefficient (Wildman–Crippen LogP) is 7.76. The molecule has 0 aliphatic carbocycles. The normalized spacial score (nSPS) is 17.6. The number of aromatic nitrogens is 2. The molecule has 2 aliphatic heterocycles. The van der Waals surface area contributed by atoms with Crippen molar-refractivity contribution in [2.45, 2.75) is 51.0 Å². The van der Waals surface area contributed by atoms with Gasteiger partial charge in [-0.25, -0.2) is 14.2 Å². The number of imidazole rings is 1. The second-order valence-electron chi connectivity index (χ2n) is 11.6. The number of fused-ring (bicyclic) bond motifs is 2. The van der Waals surface area contributed by atoms with Gasteiger partial charge in [0.2, 0.25) is 0 Å². The molecule has 0 N–H and O–H groups in total. The van der Waals surface area contributed by atoms with Crippen LogP contribution in [0.25, 0.3) is 22.0 Å². The molecule has 11 heteroatoms. The number of rotatable bonds is 9. The van der Waals surface area contributed by atoms with E-state index < -0.39 is 5.82 Å². The van der Waals surface area contributed by atoms with Crippen LogP contribution in [0, 0.1) is 5.82 Å². The first-order valence-corrected chi connectivity index (χ1v) is 15.8. The van der Waals surface area contributed by atoms with E-state index in [1.807, 2.05) is 24.3 Å². The van der Waals surface area contributed by atoms with E-state index in [0.29, 0.717) is 34.6 Å². The van der Waals surface area contributed by atoms with E-state index in [1.165, 1.54) is 13.2 Å². The number of carbonyl (C=O) groups excluding carboxylic acids is 1. The lowest BCUT2D eigenvalue weighted by Crippen LogP contribution is -2.35. The summed E-state index contributed by atoms with van der Waals surface area (Å²) in [6.45, 7) is 3.86. The Morgan fingerprint density at radius 1 is 1.09 bits per heavy atom. The number of ether oxygens (including phenoxy) is 3. The fourth-order valence-electron chi connectivity index (χ4n) is 6.36. The number of furan rings is 1. The maximum atomic E-state index is 15.2. The second kappa shape index (κ2) is 12.6. The van der Waals surface area contributed by atoms with Crippen LogP contribution in [0.1, 0.15) is 52.5 Å². The third-order valence-corrected chi connectivity index (χ3v) is 9.39. The molecule has 8 nitrogen and oxygen atoms in total. The van der Waals surface area contributed by atoms with Gasteiger partial charge in [-0.1, -0.05) is 29.8 Å². The first-order valence-electron chi connectivity index (χ1n) is 15.1. The van der Waals surface area contributed by atoms with Crippen LogP contribution in [0.4, 0.5) is 4.39 Å². The first-order chi connectivity index (χ1) is 21.9. The molecule has 2 saturated heterocycles. The number of para-hydroxylation sites is 1. The van der Waals surface area contributed by atoms with Crippen LogP contribution in [-0.4, -0.2) is 53.3 Å². The highest BCUT2D eigenvalue weighted by Gasteiger charge is 2.28. The van der Waals surface area contributed by atoms with Crippen LogP contribution in [0.5, 0.6) is 5.75 Å². The maximum absolute atomic E-state index is 15.2. The van der Waals surface area contributed by atoms with Gasteiger partial charge in [0.05, 0.1) is 47.9 Å². The lowest BCUT2D eigenvalue weighted by molar-refractivity contribution is -0.0592. The Labute approximate surface area is 269 Å². The number of methoxy groups -OCH3 is 1. The van der Waals surface area contributed by atoms with Crippen LogP contribution in [0.2, 0.25) is 10.2 Å². The molecule has 4 heterocycles. The molecule has 5 aromatic rings. The molecule has 0 saturated carbocycles. The van der Waals surface area contributed by atoms with Crippen molar-refractivity contribution in [2.75, 3.05) is 26.8 Å². The Bertz CT molecular complexity index is 1880. The van der Waals surface area contributed by atoms with Crippen molar-refractivity contribution in [2.24, 2.45) is 0 Å². The van der Waals surface area contributed by atoms with Crippen LogP contribution in [-0.2, 0) is 29.2 Å². The molecule has 3 aromatic carbocycles. The summed E-state index contributed by atoms with van der Waals surface area (Å²) in [5.74, 6) is 0.569. The summed E-state index contributed by atoms with van der Waals surface area (Å²) in [6.07, 6.45) is 2.82. The highest BCUT2D eigenvalue weighted by molar-refractivity contribution is 6.36. The van der Waals surface area contributed by atoms with E-state index in [-0.39, 0.29) is 35.6 Å². The summed E-state index contributed by atoms with van der Waals surface area (Å²) >= 11 is 12.4. The van der Waals surface area contributed by atoms with Crippen molar-refractivity contribution in [1.29, 1.82) is 0 Å². The van der Waals surface area contributed by atoms with Crippen LogP contribution >= 0.6 is 23.2 Å². The van der Waals surface area contributed by atoms with E-state index in [9.17, 15) is 4.79 Å². The molecule has 45 heavy (non-hydrogen) atoms. The molecule has 0 bridgehead atoms. The third-order valence-electron chi connectivity index (χ3n) is 8.87. The zero-order chi connectivity index (χ0) is 31.1. The lowest BCUT2D eigenvalue weighted by Gasteiger charge is -2.33. The van der Waals surface area contributed by atoms with Gasteiger partial charge in [0.25, 0.3) is 0 Å². The lowest BCUT2D eigenvalue weighted by atomic mass is 9.88. The summed E-state index contributed by atoms with van der Waals surface area (Å²) in [4.78, 5) is 19.5. The molecule has 0 radical (unpaired) electrons. The second-order valence-corrected chi connectivity index (χ2v) is 12.4. The summed E-state index contributed by atoms with van der Waals surface area (Å²) in [7, 11) is 1.38. The van der Waals surface area contributed by atoms with Gasteiger partial charge in [-0.15, -0.1) is 0 Å². The Kier molecular flexibility index (Phi) is 8.44. The Hall–Kier alpha value is -3.63. The van der Waals surface area contributed by atoms with Crippen molar-refractivity contribution < 1.29 is 27.8 Å². The molecular formula is C34H32Cl2FN3O5. The fraction of sp³-hybridized carbons (Fsp3) is 0.353. The van der Waals surface area contributed by atoms with Gasteiger partial charge >= 0.3 is 5.97 Å². The number of esters is 1. The molecule has 1 atom stereocenters. The number of piperidine rings is 1. The van der Waals surface area contributed by atoms with Gasteiger partial charge in [0, 0.05) is 29.2 Å². The molecule has 2 aliphatic rings. The van der Waals surface area contributed by atoms with Crippen molar-refractivity contribution in [1.82, 2.24) is 14.5 Å². The Balaban J connectivity index is 1.07. The molecule has 2 fully saturated rings. The van der Waals surface area contributed by atoms with E-state index in [2.05, 4.69) is 9.47 Å². The quantitative estimate of drug-likeness (QED) is 0.151. The number of hydrogen-bond donors (Lipinski definition) is 0. The van der Waals surface area contributed by atoms with Gasteiger partial charge in [-0.2, -0.15) is 0 Å². The summed E-state index contributed by atoms with van der Waals surface area (Å²) in [6, 6.07) is 15.8. The van der Waals surface area contributed by atoms with Crippen LogP contribution in [0.3, 0.4) is 0 Å². The average molecular weight is 653 g/mol. The number of hydrogen-bond acceptors (Lipinski definition) is 7. The monoisotopic (exact) mass is 651 g/mol. The van der Waals surface area contributed by atoms with Crippen molar-refractivity contribution in [3.05, 3.63) is 93.2 Å². The fourth-order valence-corrected chi connectivity index (χ4v) is 6.74. The largest absolute Gasteiger partial charge is 0.485 e. The molecule has 0 unspecified atom stereocenters.